The lowest BCUT2D eigenvalue weighted by Gasteiger charge is -2.09. The summed E-state index contributed by atoms with van der Waals surface area (Å²) in [5.41, 5.74) is 3.14. The minimum absolute atomic E-state index is 0.166. The van der Waals surface area contributed by atoms with Crippen LogP contribution in [0.5, 0.6) is 0 Å². The van der Waals surface area contributed by atoms with E-state index in [0.29, 0.717) is 33.6 Å². The Labute approximate surface area is 199 Å². The summed E-state index contributed by atoms with van der Waals surface area (Å²) in [6.07, 6.45) is 4.18. The molecule has 4 nitrogen and oxygen atoms in total. The fourth-order valence-corrected chi connectivity index (χ4v) is 4.41. The van der Waals surface area contributed by atoms with E-state index >= 15 is 0 Å². The monoisotopic (exact) mass is 485 g/mol. The van der Waals surface area contributed by atoms with E-state index in [-0.39, 0.29) is 10.9 Å². The Balaban J connectivity index is 1.43. The molecule has 0 saturated heterocycles. The number of halogens is 3. The van der Waals surface area contributed by atoms with E-state index in [4.69, 9.17) is 23.2 Å². The normalized spacial score (nSPS) is 10.7. The maximum Gasteiger partial charge on any atom is 0.225 e. The summed E-state index contributed by atoms with van der Waals surface area (Å²) in [5, 5.41) is 7.37. The zero-order valence-electron chi connectivity index (χ0n) is 16.7. The fourth-order valence-electron chi connectivity index (χ4n) is 3.13. The van der Waals surface area contributed by atoms with Crippen molar-refractivity contribution in [1.82, 2.24) is 4.98 Å². The molecule has 162 valence electrons. The van der Waals surface area contributed by atoms with Crippen LogP contribution in [-0.4, -0.2) is 10.9 Å². The van der Waals surface area contributed by atoms with Crippen molar-refractivity contribution in [1.29, 1.82) is 0 Å². The molecule has 0 aliphatic carbocycles. The SMILES string of the molecule is O=C(CCc1ccccc1)Nc1cc(F)c(Nc2cncc(-c3cccc(Cl)c3Cl)c2)s1. The molecule has 0 aliphatic rings. The van der Waals surface area contributed by atoms with Crippen molar-refractivity contribution in [2.75, 3.05) is 10.6 Å². The van der Waals surface area contributed by atoms with Crippen molar-refractivity contribution < 1.29 is 9.18 Å². The molecule has 4 rings (SSSR count). The zero-order valence-corrected chi connectivity index (χ0v) is 19.1. The van der Waals surface area contributed by atoms with E-state index < -0.39 is 5.82 Å². The van der Waals surface area contributed by atoms with Crippen molar-refractivity contribution in [3.05, 3.63) is 94.5 Å². The van der Waals surface area contributed by atoms with Gasteiger partial charge in [-0.1, -0.05) is 77.0 Å². The van der Waals surface area contributed by atoms with Crippen LogP contribution in [0, 0.1) is 5.82 Å². The lowest BCUT2D eigenvalue weighted by molar-refractivity contribution is -0.116. The molecule has 4 aromatic rings. The van der Waals surface area contributed by atoms with Gasteiger partial charge in [-0.3, -0.25) is 9.78 Å². The number of nitrogens with one attached hydrogen (secondary N) is 2. The van der Waals surface area contributed by atoms with Crippen molar-refractivity contribution in [3.8, 4) is 11.1 Å². The molecule has 0 unspecified atom stereocenters. The van der Waals surface area contributed by atoms with E-state index in [1.54, 1.807) is 24.5 Å². The number of aryl methyl sites for hydroxylation is 1. The zero-order chi connectivity index (χ0) is 22.5. The minimum Gasteiger partial charge on any atom is -0.343 e. The molecule has 0 saturated carbocycles. The average Bonchev–Trinajstić information content (AvgIpc) is 3.13. The molecular weight excluding hydrogens is 468 g/mol. The Morgan fingerprint density at radius 3 is 2.66 bits per heavy atom. The minimum atomic E-state index is -0.459. The number of aromatic nitrogens is 1. The standard InChI is InChI=1S/C24H18Cl2FN3OS/c25-19-8-4-7-18(23(19)26)16-11-17(14-28-13-16)29-24-20(27)12-22(32-24)30-21(31)10-9-15-5-2-1-3-6-15/h1-8,11-14,29H,9-10H2,(H,30,31). The van der Waals surface area contributed by atoms with Gasteiger partial charge in [-0.25, -0.2) is 4.39 Å². The first-order valence-corrected chi connectivity index (χ1v) is 11.4. The Morgan fingerprint density at radius 1 is 1.03 bits per heavy atom. The Bertz CT molecular complexity index is 1250. The van der Waals surface area contributed by atoms with Gasteiger partial charge in [0.05, 0.1) is 21.9 Å². The maximum atomic E-state index is 14.5. The van der Waals surface area contributed by atoms with Crippen LogP contribution >= 0.6 is 34.5 Å². The molecule has 2 N–H and O–H groups in total. The maximum absolute atomic E-state index is 14.5. The number of carbonyl (C=O) groups excluding carboxylic acids is 1. The second kappa shape index (κ2) is 10.1. The van der Waals surface area contributed by atoms with E-state index in [9.17, 15) is 9.18 Å². The van der Waals surface area contributed by atoms with Gasteiger partial charge in [0.25, 0.3) is 0 Å². The quantitative estimate of drug-likeness (QED) is 0.283. The molecule has 32 heavy (non-hydrogen) atoms. The molecule has 0 aliphatic heterocycles. The third-order valence-corrected chi connectivity index (χ3v) is 6.45. The van der Waals surface area contributed by atoms with Gasteiger partial charge < -0.3 is 10.6 Å². The van der Waals surface area contributed by atoms with Gasteiger partial charge in [0, 0.05) is 29.8 Å². The molecule has 2 aromatic heterocycles. The molecule has 0 fully saturated rings. The Morgan fingerprint density at radius 2 is 1.84 bits per heavy atom. The Kier molecular flexibility index (Phi) is 7.05. The van der Waals surface area contributed by atoms with Crippen LogP contribution in [0.3, 0.4) is 0 Å². The highest BCUT2D eigenvalue weighted by Crippen LogP contribution is 2.36. The summed E-state index contributed by atoms with van der Waals surface area (Å²) >= 11 is 13.5. The number of benzene rings is 2. The predicted octanol–water partition coefficient (Wildman–Crippen LogP) is 7.57. The highest BCUT2D eigenvalue weighted by molar-refractivity contribution is 7.20. The number of amides is 1. The lowest BCUT2D eigenvalue weighted by Crippen LogP contribution is -2.11. The van der Waals surface area contributed by atoms with Crippen LogP contribution in [0.1, 0.15) is 12.0 Å². The molecule has 2 aromatic carbocycles. The highest BCUT2D eigenvalue weighted by atomic mass is 35.5. The Hall–Kier alpha value is -2.93. The number of nitrogens with zero attached hydrogens (tertiary/aromatic N) is 1. The molecule has 0 atom stereocenters. The third kappa shape index (κ3) is 5.46. The fraction of sp³-hybridized carbons (Fsp3) is 0.0833. The van der Waals surface area contributed by atoms with Gasteiger partial charge in [-0.05, 0) is 24.1 Å². The lowest BCUT2D eigenvalue weighted by atomic mass is 10.1. The molecule has 0 spiro atoms. The van der Waals surface area contributed by atoms with Crippen LogP contribution < -0.4 is 10.6 Å². The van der Waals surface area contributed by atoms with Gasteiger partial charge in [0.15, 0.2) is 5.82 Å². The molecule has 0 radical (unpaired) electrons. The number of anilines is 3. The van der Waals surface area contributed by atoms with Crippen molar-refractivity contribution in [2.45, 2.75) is 12.8 Å². The smallest absolute Gasteiger partial charge is 0.225 e. The average molecular weight is 486 g/mol. The summed E-state index contributed by atoms with van der Waals surface area (Å²) in [6.45, 7) is 0. The number of pyridine rings is 1. The summed E-state index contributed by atoms with van der Waals surface area (Å²) < 4.78 is 14.5. The highest BCUT2D eigenvalue weighted by Gasteiger charge is 2.13. The van der Waals surface area contributed by atoms with Gasteiger partial charge in [-0.2, -0.15) is 0 Å². The molecular formula is C24H18Cl2FN3OS. The summed E-state index contributed by atoms with van der Waals surface area (Å²) in [4.78, 5) is 16.5. The number of hydrogen-bond acceptors (Lipinski definition) is 4. The third-order valence-electron chi connectivity index (χ3n) is 4.69. The number of carbonyl (C=O) groups is 1. The largest absolute Gasteiger partial charge is 0.343 e. The van der Waals surface area contributed by atoms with Crippen LogP contribution in [0.15, 0.2) is 73.1 Å². The summed E-state index contributed by atoms with van der Waals surface area (Å²) in [7, 11) is 0. The van der Waals surface area contributed by atoms with E-state index in [1.807, 2.05) is 42.5 Å². The second-order valence-corrected chi connectivity index (χ2v) is 8.85. The van der Waals surface area contributed by atoms with E-state index in [1.165, 1.54) is 6.07 Å². The topological polar surface area (TPSA) is 54.0 Å². The van der Waals surface area contributed by atoms with Gasteiger partial charge in [0.1, 0.15) is 10.0 Å². The first-order valence-electron chi connectivity index (χ1n) is 9.79. The van der Waals surface area contributed by atoms with Crippen molar-refractivity contribution >= 4 is 56.1 Å². The predicted molar refractivity (Wildman–Crippen MR) is 131 cm³/mol. The van der Waals surface area contributed by atoms with Crippen LogP contribution in [0.25, 0.3) is 11.1 Å². The van der Waals surface area contributed by atoms with Crippen LogP contribution in [0.4, 0.5) is 20.1 Å². The first-order chi connectivity index (χ1) is 15.5. The van der Waals surface area contributed by atoms with Gasteiger partial charge >= 0.3 is 0 Å². The van der Waals surface area contributed by atoms with Gasteiger partial charge in [-0.15, -0.1) is 0 Å². The number of hydrogen-bond donors (Lipinski definition) is 2. The van der Waals surface area contributed by atoms with Crippen LogP contribution in [0.2, 0.25) is 10.0 Å². The second-order valence-electron chi connectivity index (χ2n) is 7.01. The first kappa shape index (κ1) is 22.3. The molecule has 8 heteroatoms. The van der Waals surface area contributed by atoms with Crippen LogP contribution in [-0.2, 0) is 11.2 Å². The number of rotatable bonds is 7. The molecule has 2 heterocycles. The van der Waals surface area contributed by atoms with E-state index in [0.717, 1.165) is 28.0 Å². The summed E-state index contributed by atoms with van der Waals surface area (Å²) in [6, 6.07) is 18.2. The van der Waals surface area contributed by atoms with Crippen molar-refractivity contribution in [3.63, 3.8) is 0 Å². The van der Waals surface area contributed by atoms with Gasteiger partial charge in [0.2, 0.25) is 5.91 Å². The molecule has 1 amide bonds. The van der Waals surface area contributed by atoms with Crippen molar-refractivity contribution in [2.24, 2.45) is 0 Å². The number of thiophene rings is 1. The molecule has 0 bridgehead atoms. The summed E-state index contributed by atoms with van der Waals surface area (Å²) in [5.74, 6) is -0.625. The van der Waals surface area contributed by atoms with E-state index in [2.05, 4.69) is 15.6 Å².